The van der Waals surface area contributed by atoms with Gasteiger partial charge in [-0.3, -0.25) is 4.79 Å². The second-order valence-electron chi connectivity index (χ2n) is 4.44. The highest BCUT2D eigenvalue weighted by Gasteiger charge is 2.30. The van der Waals surface area contributed by atoms with E-state index in [1.54, 1.807) is 0 Å². The predicted molar refractivity (Wildman–Crippen MR) is 62.1 cm³/mol. The molecule has 0 spiro atoms. The van der Waals surface area contributed by atoms with Crippen molar-refractivity contribution in [3.8, 4) is 0 Å². The number of carbonyl (C=O) groups excluding carboxylic acids is 1. The van der Waals surface area contributed by atoms with E-state index >= 15 is 0 Å². The van der Waals surface area contributed by atoms with Crippen LogP contribution < -0.4 is 5.32 Å². The van der Waals surface area contributed by atoms with Gasteiger partial charge in [0.05, 0.1) is 10.2 Å². The van der Waals surface area contributed by atoms with Crippen LogP contribution in [0.5, 0.6) is 0 Å². The summed E-state index contributed by atoms with van der Waals surface area (Å²) >= 11 is 3.47. The average molecular weight is 282 g/mol. The third kappa shape index (κ3) is 1.84. The van der Waals surface area contributed by atoms with E-state index < -0.39 is 0 Å². The normalized spacial score (nSPS) is 24.6. The van der Waals surface area contributed by atoms with Crippen LogP contribution in [0.1, 0.15) is 42.6 Å². The number of hydrogen-bond donors (Lipinski definition) is 1. The van der Waals surface area contributed by atoms with Gasteiger partial charge in [-0.05, 0) is 28.8 Å². The fourth-order valence-electron chi connectivity index (χ4n) is 2.02. The molecule has 4 nitrogen and oxygen atoms in total. The fraction of sp³-hybridized carbons (Fsp3) is 0.545. The van der Waals surface area contributed by atoms with E-state index in [0.29, 0.717) is 18.9 Å². The Hall–Kier alpha value is -0.970. The molecule has 2 aliphatic rings. The third-order valence-electron chi connectivity index (χ3n) is 3.10. The van der Waals surface area contributed by atoms with Gasteiger partial charge in [-0.15, -0.1) is 0 Å². The first-order chi connectivity index (χ1) is 7.74. The quantitative estimate of drug-likeness (QED) is 0.898. The summed E-state index contributed by atoms with van der Waals surface area (Å²) < 4.78 is 0.915. The summed E-state index contributed by atoms with van der Waals surface area (Å²) in [5, 5.41) is 2.84. The molecule has 16 heavy (non-hydrogen) atoms. The van der Waals surface area contributed by atoms with Gasteiger partial charge in [-0.2, -0.15) is 0 Å². The van der Waals surface area contributed by atoms with E-state index in [4.69, 9.17) is 0 Å². The summed E-state index contributed by atoms with van der Waals surface area (Å²) in [5.74, 6) is 1.81. The van der Waals surface area contributed by atoms with E-state index in [-0.39, 0.29) is 11.8 Å². The molecule has 1 saturated heterocycles. The van der Waals surface area contributed by atoms with E-state index in [9.17, 15) is 4.79 Å². The van der Waals surface area contributed by atoms with Gasteiger partial charge in [-0.1, -0.05) is 0 Å². The number of rotatable bonds is 2. The van der Waals surface area contributed by atoms with Gasteiger partial charge in [0.25, 0.3) is 0 Å². The van der Waals surface area contributed by atoms with Crippen LogP contribution in [0, 0.1) is 0 Å². The highest BCUT2D eigenvalue weighted by Crippen LogP contribution is 2.39. The molecule has 1 amide bonds. The highest BCUT2D eigenvalue weighted by molar-refractivity contribution is 9.10. The Bertz CT molecular complexity index is 445. The lowest BCUT2D eigenvalue weighted by Gasteiger charge is -2.10. The molecule has 2 fully saturated rings. The van der Waals surface area contributed by atoms with Gasteiger partial charge >= 0.3 is 0 Å². The summed E-state index contributed by atoms with van der Waals surface area (Å²) in [7, 11) is 0. The molecule has 1 aliphatic carbocycles. The zero-order chi connectivity index (χ0) is 11.1. The average Bonchev–Trinajstić information content (AvgIpc) is 3.03. The lowest BCUT2D eigenvalue weighted by molar-refractivity contribution is -0.119. The second-order valence-corrected chi connectivity index (χ2v) is 5.30. The first kappa shape index (κ1) is 10.2. The topological polar surface area (TPSA) is 54.9 Å². The molecular formula is C11H12BrN3O. The Morgan fingerprint density at radius 1 is 1.38 bits per heavy atom. The van der Waals surface area contributed by atoms with Crippen LogP contribution in [0.4, 0.5) is 0 Å². The Morgan fingerprint density at radius 3 is 2.81 bits per heavy atom. The zero-order valence-electron chi connectivity index (χ0n) is 8.74. The van der Waals surface area contributed by atoms with Crippen molar-refractivity contribution in [3.05, 3.63) is 22.2 Å². The first-order valence-corrected chi connectivity index (χ1v) is 6.32. The van der Waals surface area contributed by atoms with Gasteiger partial charge in [0.1, 0.15) is 5.82 Å². The summed E-state index contributed by atoms with van der Waals surface area (Å²) in [4.78, 5) is 20.1. The van der Waals surface area contributed by atoms with Crippen LogP contribution in [0.15, 0.2) is 10.7 Å². The Balaban J connectivity index is 1.92. The van der Waals surface area contributed by atoms with Crippen LogP contribution in [0.3, 0.4) is 0 Å². The number of aromatic nitrogens is 2. The number of nitrogens with zero attached hydrogens (tertiary/aromatic N) is 2. The lowest BCUT2D eigenvalue weighted by Crippen LogP contribution is -2.14. The van der Waals surface area contributed by atoms with Crippen molar-refractivity contribution in [3.63, 3.8) is 0 Å². The van der Waals surface area contributed by atoms with Crippen LogP contribution in [0.2, 0.25) is 0 Å². The van der Waals surface area contributed by atoms with E-state index in [1.807, 2.05) is 6.20 Å². The summed E-state index contributed by atoms with van der Waals surface area (Å²) in [5.41, 5.74) is 0.982. The van der Waals surface area contributed by atoms with Crippen molar-refractivity contribution in [1.29, 1.82) is 0 Å². The fourth-order valence-corrected chi connectivity index (χ4v) is 2.53. The van der Waals surface area contributed by atoms with Gasteiger partial charge in [0, 0.05) is 31.0 Å². The molecule has 3 rings (SSSR count). The minimum Gasteiger partial charge on any atom is -0.355 e. The number of amides is 1. The van der Waals surface area contributed by atoms with Gasteiger partial charge in [-0.25, -0.2) is 9.97 Å². The lowest BCUT2D eigenvalue weighted by atomic mass is 10.0. The molecule has 1 saturated carbocycles. The smallest absolute Gasteiger partial charge is 0.220 e. The molecule has 0 bridgehead atoms. The largest absolute Gasteiger partial charge is 0.355 e. The molecule has 0 radical (unpaired) electrons. The van der Waals surface area contributed by atoms with E-state index in [1.165, 1.54) is 12.8 Å². The number of nitrogens with one attached hydrogen (secondary N) is 1. The van der Waals surface area contributed by atoms with Crippen molar-refractivity contribution in [1.82, 2.24) is 15.3 Å². The number of hydrogen-bond acceptors (Lipinski definition) is 3. The Kier molecular flexibility index (Phi) is 2.42. The molecule has 1 aliphatic heterocycles. The van der Waals surface area contributed by atoms with Gasteiger partial charge in [0.15, 0.2) is 0 Å². The van der Waals surface area contributed by atoms with Crippen LogP contribution in [0.25, 0.3) is 0 Å². The molecule has 84 valence electrons. The van der Waals surface area contributed by atoms with E-state index in [2.05, 4.69) is 31.2 Å². The standard InChI is InChI=1S/C11H12BrN3O/c12-8-5-14-11(6-1-2-6)15-10(8)7-3-9(16)13-4-7/h5-7H,1-4H2,(H,13,16). The highest BCUT2D eigenvalue weighted by atomic mass is 79.9. The van der Waals surface area contributed by atoms with Crippen molar-refractivity contribution >= 4 is 21.8 Å². The monoisotopic (exact) mass is 281 g/mol. The van der Waals surface area contributed by atoms with Gasteiger partial charge in [0.2, 0.25) is 5.91 Å². The molecule has 1 aromatic heterocycles. The van der Waals surface area contributed by atoms with Crippen molar-refractivity contribution in [2.45, 2.75) is 31.1 Å². The Labute approximate surface area is 102 Å². The zero-order valence-corrected chi connectivity index (χ0v) is 10.3. The maximum atomic E-state index is 11.2. The molecule has 1 aromatic rings. The van der Waals surface area contributed by atoms with Gasteiger partial charge < -0.3 is 5.32 Å². The van der Waals surface area contributed by atoms with Crippen LogP contribution in [-0.4, -0.2) is 22.4 Å². The minimum atomic E-state index is 0.114. The number of halogens is 1. The second kappa shape index (κ2) is 3.80. The first-order valence-electron chi connectivity index (χ1n) is 5.53. The predicted octanol–water partition coefficient (Wildman–Crippen LogP) is 1.72. The maximum absolute atomic E-state index is 11.2. The van der Waals surface area contributed by atoms with Crippen molar-refractivity contribution in [2.75, 3.05) is 6.54 Å². The van der Waals surface area contributed by atoms with Crippen LogP contribution in [-0.2, 0) is 4.79 Å². The summed E-state index contributed by atoms with van der Waals surface area (Å²) in [6.45, 7) is 0.693. The molecule has 1 atom stereocenters. The van der Waals surface area contributed by atoms with Crippen molar-refractivity contribution in [2.24, 2.45) is 0 Å². The molecule has 0 aromatic carbocycles. The maximum Gasteiger partial charge on any atom is 0.220 e. The molecule has 5 heteroatoms. The molecular weight excluding hydrogens is 270 g/mol. The molecule has 1 N–H and O–H groups in total. The Morgan fingerprint density at radius 2 is 2.19 bits per heavy atom. The van der Waals surface area contributed by atoms with Crippen molar-refractivity contribution < 1.29 is 4.79 Å². The van der Waals surface area contributed by atoms with Crippen LogP contribution >= 0.6 is 15.9 Å². The minimum absolute atomic E-state index is 0.114. The summed E-state index contributed by atoms with van der Waals surface area (Å²) in [6, 6.07) is 0. The third-order valence-corrected chi connectivity index (χ3v) is 3.71. The summed E-state index contributed by atoms with van der Waals surface area (Å²) in [6.07, 6.45) is 4.75. The number of carbonyl (C=O) groups is 1. The van der Waals surface area contributed by atoms with E-state index in [0.717, 1.165) is 16.0 Å². The molecule has 1 unspecified atom stereocenters. The molecule has 2 heterocycles. The SMILES string of the molecule is O=C1CC(c2nc(C3CC3)ncc2Br)CN1.